The molecule has 3 aromatic rings. The van der Waals surface area contributed by atoms with E-state index in [4.69, 9.17) is 4.74 Å². The van der Waals surface area contributed by atoms with Gasteiger partial charge in [-0.2, -0.15) is 10.5 Å². The lowest BCUT2D eigenvalue weighted by Crippen LogP contribution is -2.49. The van der Waals surface area contributed by atoms with E-state index in [-0.39, 0.29) is 13.1 Å². The molecule has 0 unspecified atom stereocenters. The molecule has 6 nitrogen and oxygen atoms in total. The number of hydrogen-bond donors (Lipinski definition) is 0. The Morgan fingerprint density at radius 1 is 1.09 bits per heavy atom. The van der Waals surface area contributed by atoms with Gasteiger partial charge < -0.3 is 9.64 Å². The third-order valence-corrected chi connectivity index (χ3v) is 7.20. The average Bonchev–Trinajstić information content (AvgIpc) is 3.40. The number of nitriles is 2. The van der Waals surface area contributed by atoms with E-state index < -0.39 is 6.17 Å². The van der Waals surface area contributed by atoms with E-state index in [1.54, 1.807) is 11.1 Å². The SMILES string of the molecule is N#Cc1c(SCc2ccccn2)nc(N2CC(F)C2)c(C#N)c1-c1ccc([C@@H]2CCOC2)cc1. The topological polar surface area (TPSA) is 85.8 Å². The van der Waals surface area contributed by atoms with Crippen LogP contribution in [-0.4, -0.2) is 42.4 Å². The van der Waals surface area contributed by atoms with Gasteiger partial charge in [-0.3, -0.25) is 4.98 Å². The Morgan fingerprint density at radius 2 is 1.88 bits per heavy atom. The van der Waals surface area contributed by atoms with Crippen molar-refractivity contribution in [1.29, 1.82) is 10.5 Å². The number of anilines is 1. The second kappa shape index (κ2) is 9.80. The van der Waals surface area contributed by atoms with Crippen LogP contribution in [0.1, 0.15) is 34.7 Å². The van der Waals surface area contributed by atoms with Crippen molar-refractivity contribution < 1.29 is 9.13 Å². The smallest absolute Gasteiger partial charge is 0.148 e. The number of rotatable bonds is 6. The van der Waals surface area contributed by atoms with Crippen molar-refractivity contribution in [3.63, 3.8) is 0 Å². The lowest BCUT2D eigenvalue weighted by molar-refractivity contribution is 0.194. The van der Waals surface area contributed by atoms with Crippen LogP contribution in [0.5, 0.6) is 0 Å². The summed E-state index contributed by atoms with van der Waals surface area (Å²) in [6, 6.07) is 18.2. The van der Waals surface area contributed by atoms with Gasteiger partial charge in [0.2, 0.25) is 0 Å². The van der Waals surface area contributed by atoms with Gasteiger partial charge in [0.25, 0.3) is 0 Å². The van der Waals surface area contributed by atoms with Gasteiger partial charge in [0.1, 0.15) is 34.7 Å². The van der Waals surface area contributed by atoms with Crippen LogP contribution >= 0.6 is 11.8 Å². The minimum Gasteiger partial charge on any atom is -0.381 e. The monoisotopic (exact) mass is 471 g/mol. The summed E-state index contributed by atoms with van der Waals surface area (Å²) in [7, 11) is 0. The van der Waals surface area contributed by atoms with Gasteiger partial charge in [-0.1, -0.05) is 42.1 Å². The van der Waals surface area contributed by atoms with Gasteiger partial charge in [-0.25, -0.2) is 9.37 Å². The zero-order valence-electron chi connectivity index (χ0n) is 18.4. The second-order valence-corrected chi connectivity index (χ2v) is 9.35. The van der Waals surface area contributed by atoms with E-state index in [9.17, 15) is 14.9 Å². The van der Waals surface area contributed by atoms with Gasteiger partial charge in [0, 0.05) is 30.0 Å². The average molecular weight is 472 g/mol. The standard InChI is InChI=1S/C26H22FN5OS/c27-20-13-32(14-20)25-22(11-28)24(18-6-4-17(5-7-18)19-8-10-33-15-19)23(12-29)26(31-25)34-16-21-3-1-2-9-30-21/h1-7,9,19-20H,8,10,13-16H2/t19-/m1/s1. The number of ether oxygens (including phenoxy) is 1. The minimum absolute atomic E-state index is 0.192. The Bertz CT molecular complexity index is 1260. The molecule has 170 valence electrons. The summed E-state index contributed by atoms with van der Waals surface area (Å²) in [4.78, 5) is 10.8. The van der Waals surface area contributed by atoms with E-state index in [2.05, 4.69) is 22.1 Å². The maximum atomic E-state index is 13.7. The molecule has 0 bridgehead atoms. The van der Waals surface area contributed by atoms with E-state index in [1.807, 2.05) is 42.5 Å². The van der Waals surface area contributed by atoms with E-state index in [1.165, 1.54) is 17.3 Å². The summed E-state index contributed by atoms with van der Waals surface area (Å²) in [6.45, 7) is 1.86. The van der Waals surface area contributed by atoms with Crippen molar-refractivity contribution in [3.05, 3.63) is 71.0 Å². The molecule has 5 rings (SSSR count). The molecular weight excluding hydrogens is 449 g/mol. The van der Waals surface area contributed by atoms with Gasteiger partial charge in [0.15, 0.2) is 0 Å². The van der Waals surface area contributed by atoms with Gasteiger partial charge >= 0.3 is 0 Å². The normalized spacial score (nSPS) is 17.7. The molecule has 0 amide bonds. The van der Waals surface area contributed by atoms with Crippen molar-refractivity contribution in [3.8, 4) is 23.3 Å². The van der Waals surface area contributed by atoms with E-state index in [0.717, 1.165) is 24.3 Å². The highest BCUT2D eigenvalue weighted by molar-refractivity contribution is 7.98. The van der Waals surface area contributed by atoms with E-state index >= 15 is 0 Å². The molecule has 1 aromatic carbocycles. The highest BCUT2D eigenvalue weighted by Crippen LogP contribution is 2.40. The lowest BCUT2D eigenvalue weighted by Gasteiger charge is -2.36. The van der Waals surface area contributed by atoms with Crippen molar-refractivity contribution in [2.45, 2.75) is 29.3 Å². The first kappa shape index (κ1) is 22.3. The molecule has 1 atom stereocenters. The summed E-state index contributed by atoms with van der Waals surface area (Å²) in [5.41, 5.74) is 4.03. The fourth-order valence-corrected chi connectivity index (χ4v) is 5.22. The molecule has 0 saturated carbocycles. The maximum absolute atomic E-state index is 13.7. The summed E-state index contributed by atoms with van der Waals surface area (Å²) in [5, 5.41) is 20.7. The number of halogens is 1. The highest BCUT2D eigenvalue weighted by atomic mass is 32.2. The molecule has 8 heteroatoms. The number of thioether (sulfide) groups is 1. The predicted molar refractivity (Wildman–Crippen MR) is 128 cm³/mol. The highest BCUT2D eigenvalue weighted by Gasteiger charge is 2.32. The van der Waals surface area contributed by atoms with Crippen LogP contribution in [0.15, 0.2) is 53.7 Å². The summed E-state index contributed by atoms with van der Waals surface area (Å²) < 4.78 is 19.2. The molecule has 2 aliphatic rings. The first-order chi connectivity index (χ1) is 16.7. The van der Waals surface area contributed by atoms with Crippen LogP contribution in [0.4, 0.5) is 10.2 Å². The molecule has 34 heavy (non-hydrogen) atoms. The first-order valence-electron chi connectivity index (χ1n) is 11.2. The summed E-state index contributed by atoms with van der Waals surface area (Å²) >= 11 is 1.40. The molecule has 0 spiro atoms. The van der Waals surface area contributed by atoms with Crippen molar-refractivity contribution in [2.24, 2.45) is 0 Å². The van der Waals surface area contributed by atoms with Crippen molar-refractivity contribution in [1.82, 2.24) is 9.97 Å². The summed E-state index contributed by atoms with van der Waals surface area (Å²) in [6.07, 6.45) is 1.77. The molecule has 0 radical (unpaired) electrons. The molecule has 2 aliphatic heterocycles. The molecular formula is C26H22FN5OS. The Labute approximate surface area is 202 Å². The van der Waals surface area contributed by atoms with Crippen LogP contribution in [0.2, 0.25) is 0 Å². The third-order valence-electron chi connectivity index (χ3n) is 6.19. The number of alkyl halides is 1. The lowest BCUT2D eigenvalue weighted by atomic mass is 9.92. The Hall–Kier alpha value is -3.46. The molecule has 0 N–H and O–H groups in total. The number of aromatic nitrogens is 2. The third kappa shape index (κ3) is 4.35. The van der Waals surface area contributed by atoms with Crippen LogP contribution in [-0.2, 0) is 10.5 Å². The van der Waals surface area contributed by atoms with Crippen LogP contribution in [0.25, 0.3) is 11.1 Å². The maximum Gasteiger partial charge on any atom is 0.148 e. The number of pyridine rings is 2. The minimum atomic E-state index is -0.940. The molecule has 4 heterocycles. The number of nitrogens with zero attached hydrogens (tertiary/aromatic N) is 5. The predicted octanol–water partition coefficient (Wildman–Crippen LogP) is 4.84. The Balaban J connectivity index is 1.58. The zero-order valence-corrected chi connectivity index (χ0v) is 19.3. The molecule has 2 saturated heterocycles. The second-order valence-electron chi connectivity index (χ2n) is 8.38. The molecule has 2 fully saturated rings. The fraction of sp³-hybridized carbons (Fsp3) is 0.308. The quantitative estimate of drug-likeness (QED) is 0.476. The van der Waals surface area contributed by atoms with Crippen molar-refractivity contribution >= 4 is 17.6 Å². The Kier molecular flexibility index (Phi) is 6.44. The zero-order chi connectivity index (χ0) is 23.5. The molecule has 2 aromatic heterocycles. The van der Waals surface area contributed by atoms with Gasteiger partial charge in [-0.05, 0) is 29.7 Å². The van der Waals surface area contributed by atoms with Gasteiger partial charge in [-0.15, -0.1) is 0 Å². The Morgan fingerprint density at radius 3 is 2.50 bits per heavy atom. The van der Waals surface area contributed by atoms with Gasteiger partial charge in [0.05, 0.1) is 31.0 Å². The van der Waals surface area contributed by atoms with Crippen LogP contribution < -0.4 is 4.90 Å². The largest absolute Gasteiger partial charge is 0.381 e. The summed E-state index contributed by atoms with van der Waals surface area (Å²) in [5.74, 6) is 1.32. The van der Waals surface area contributed by atoms with Crippen LogP contribution in [0.3, 0.4) is 0 Å². The number of hydrogen-bond acceptors (Lipinski definition) is 7. The van der Waals surface area contributed by atoms with Crippen molar-refractivity contribution in [2.75, 3.05) is 31.2 Å². The number of benzene rings is 1. The first-order valence-corrected chi connectivity index (χ1v) is 12.1. The molecule has 0 aliphatic carbocycles. The van der Waals surface area contributed by atoms with Crippen LogP contribution in [0, 0.1) is 22.7 Å². The van der Waals surface area contributed by atoms with E-state index in [0.29, 0.717) is 45.8 Å². The fourth-order valence-electron chi connectivity index (χ4n) is 4.33.